The van der Waals surface area contributed by atoms with E-state index in [-0.39, 0.29) is 12.1 Å². The van der Waals surface area contributed by atoms with Gasteiger partial charge < -0.3 is 4.74 Å². The third-order valence-electron chi connectivity index (χ3n) is 5.58. The monoisotopic (exact) mass is 385 g/mol. The van der Waals surface area contributed by atoms with Gasteiger partial charge in [-0.05, 0) is 81.1 Å². The maximum atomic E-state index is 12.8. The van der Waals surface area contributed by atoms with E-state index in [9.17, 15) is 9.18 Å². The molecule has 152 valence electrons. The van der Waals surface area contributed by atoms with Crippen LogP contribution in [0.25, 0.3) is 0 Å². The molecule has 0 bridgehead atoms. The number of ether oxygens (including phenoxy) is 1. The maximum Gasteiger partial charge on any atom is 0.338 e. The molecule has 28 heavy (non-hydrogen) atoms. The SMILES string of the molecule is CCCCCCc1ccc(C(=O)OC2CCC(CC/C=C(/F)C#N)CC2)cc1. The summed E-state index contributed by atoms with van der Waals surface area (Å²) < 4.78 is 18.5. The highest BCUT2D eigenvalue weighted by atomic mass is 19.1. The van der Waals surface area contributed by atoms with E-state index in [4.69, 9.17) is 10.00 Å². The molecule has 4 heteroatoms. The smallest absolute Gasteiger partial charge is 0.338 e. The Morgan fingerprint density at radius 3 is 2.54 bits per heavy atom. The highest BCUT2D eigenvalue weighted by Crippen LogP contribution is 2.30. The van der Waals surface area contributed by atoms with E-state index < -0.39 is 5.83 Å². The largest absolute Gasteiger partial charge is 0.459 e. The van der Waals surface area contributed by atoms with E-state index >= 15 is 0 Å². The molecule has 0 N–H and O–H groups in total. The van der Waals surface area contributed by atoms with Crippen LogP contribution in [-0.4, -0.2) is 12.1 Å². The van der Waals surface area contributed by atoms with Crippen molar-refractivity contribution in [1.82, 2.24) is 0 Å². The van der Waals surface area contributed by atoms with Crippen LogP contribution in [0.2, 0.25) is 0 Å². The number of carbonyl (C=O) groups is 1. The first-order chi connectivity index (χ1) is 13.6. The number of carbonyl (C=O) groups excluding carboxylic acids is 1. The van der Waals surface area contributed by atoms with E-state index in [0.717, 1.165) is 38.5 Å². The lowest BCUT2D eigenvalue weighted by molar-refractivity contribution is 0.0162. The van der Waals surface area contributed by atoms with Gasteiger partial charge in [0, 0.05) is 0 Å². The summed E-state index contributed by atoms with van der Waals surface area (Å²) in [6.07, 6.45) is 12.5. The Bertz CT molecular complexity index is 667. The number of nitriles is 1. The number of aryl methyl sites for hydroxylation is 1. The van der Waals surface area contributed by atoms with Gasteiger partial charge in [0.15, 0.2) is 5.83 Å². The van der Waals surface area contributed by atoms with Crippen LogP contribution >= 0.6 is 0 Å². The molecule has 2 rings (SSSR count). The second-order valence-corrected chi connectivity index (χ2v) is 7.80. The molecule has 1 aromatic rings. The van der Waals surface area contributed by atoms with E-state index in [1.54, 1.807) is 0 Å². The summed E-state index contributed by atoms with van der Waals surface area (Å²) >= 11 is 0. The summed E-state index contributed by atoms with van der Waals surface area (Å²) in [4.78, 5) is 12.4. The Hall–Kier alpha value is -2.15. The fraction of sp³-hybridized carbons (Fsp3) is 0.583. The maximum absolute atomic E-state index is 12.8. The van der Waals surface area contributed by atoms with Gasteiger partial charge in [-0.15, -0.1) is 0 Å². The van der Waals surface area contributed by atoms with E-state index in [1.165, 1.54) is 43.4 Å². The van der Waals surface area contributed by atoms with Gasteiger partial charge in [-0.2, -0.15) is 9.65 Å². The number of nitrogens with zero attached hydrogens (tertiary/aromatic N) is 1. The molecule has 1 fully saturated rings. The number of esters is 1. The molecule has 1 aliphatic carbocycles. The predicted molar refractivity (Wildman–Crippen MR) is 109 cm³/mol. The van der Waals surface area contributed by atoms with Gasteiger partial charge in [0.25, 0.3) is 0 Å². The summed E-state index contributed by atoms with van der Waals surface area (Å²) in [7, 11) is 0. The van der Waals surface area contributed by atoms with Gasteiger partial charge in [-0.25, -0.2) is 4.79 Å². The Morgan fingerprint density at radius 1 is 1.18 bits per heavy atom. The molecule has 0 saturated heterocycles. The van der Waals surface area contributed by atoms with Crippen molar-refractivity contribution in [2.24, 2.45) is 5.92 Å². The summed E-state index contributed by atoms with van der Waals surface area (Å²) in [5, 5.41) is 8.42. The standard InChI is InChI=1S/C24H32FNO2/c1-2-3-4-5-7-19-10-14-21(15-11-19)24(27)28-23-16-12-20(13-17-23)8-6-9-22(25)18-26/h9-11,14-15,20,23H,2-8,12-13,16-17H2,1H3/b22-9+. The average Bonchev–Trinajstić information content (AvgIpc) is 2.72. The van der Waals surface area contributed by atoms with Crippen molar-refractivity contribution in [2.45, 2.75) is 83.7 Å². The number of unbranched alkanes of at least 4 members (excludes halogenated alkanes) is 3. The zero-order valence-corrected chi connectivity index (χ0v) is 17.0. The first kappa shape index (κ1) is 22.1. The Balaban J connectivity index is 1.70. The van der Waals surface area contributed by atoms with Crippen LogP contribution in [0.5, 0.6) is 0 Å². The minimum Gasteiger partial charge on any atom is -0.459 e. The second kappa shape index (κ2) is 12.3. The van der Waals surface area contributed by atoms with Crippen molar-refractivity contribution in [1.29, 1.82) is 5.26 Å². The zero-order chi connectivity index (χ0) is 20.2. The number of rotatable bonds is 10. The molecule has 0 aliphatic heterocycles. The number of allylic oxidation sites excluding steroid dienone is 2. The Morgan fingerprint density at radius 2 is 1.89 bits per heavy atom. The fourth-order valence-corrected chi connectivity index (χ4v) is 3.81. The minimum absolute atomic E-state index is 0.0242. The van der Waals surface area contributed by atoms with Gasteiger partial charge >= 0.3 is 5.97 Å². The molecular formula is C24H32FNO2. The quantitative estimate of drug-likeness (QED) is 0.256. The summed E-state index contributed by atoms with van der Waals surface area (Å²) in [5.74, 6) is -0.417. The molecule has 0 radical (unpaired) electrons. The van der Waals surface area contributed by atoms with E-state index in [1.807, 2.05) is 24.3 Å². The van der Waals surface area contributed by atoms with Crippen LogP contribution in [-0.2, 0) is 11.2 Å². The summed E-state index contributed by atoms with van der Waals surface area (Å²) in [6, 6.07) is 9.32. The van der Waals surface area contributed by atoms with Gasteiger partial charge in [0.2, 0.25) is 0 Å². The molecule has 3 nitrogen and oxygen atoms in total. The van der Waals surface area contributed by atoms with E-state index in [2.05, 4.69) is 6.92 Å². The minimum atomic E-state index is -0.699. The normalized spacial score (nSPS) is 19.8. The van der Waals surface area contributed by atoms with Crippen LogP contribution in [0.1, 0.15) is 87.1 Å². The van der Waals surface area contributed by atoms with Crippen LogP contribution in [0.4, 0.5) is 4.39 Å². The lowest BCUT2D eigenvalue weighted by Crippen LogP contribution is -2.24. The highest BCUT2D eigenvalue weighted by Gasteiger charge is 2.24. The molecule has 1 saturated carbocycles. The molecule has 0 spiro atoms. The number of halogens is 1. The van der Waals surface area contributed by atoms with Crippen molar-refractivity contribution in [2.75, 3.05) is 0 Å². The van der Waals surface area contributed by atoms with Gasteiger partial charge in [0.1, 0.15) is 12.2 Å². The molecule has 0 atom stereocenters. The van der Waals surface area contributed by atoms with Crippen molar-refractivity contribution in [3.05, 3.63) is 47.3 Å². The van der Waals surface area contributed by atoms with Crippen LogP contribution in [0.3, 0.4) is 0 Å². The third kappa shape index (κ3) is 7.84. The van der Waals surface area contributed by atoms with Gasteiger partial charge in [-0.3, -0.25) is 0 Å². The molecule has 0 aromatic heterocycles. The van der Waals surface area contributed by atoms with Crippen LogP contribution in [0, 0.1) is 17.2 Å². The Labute approximate surface area is 168 Å². The summed E-state index contributed by atoms with van der Waals surface area (Å²) in [5.41, 5.74) is 1.89. The zero-order valence-electron chi connectivity index (χ0n) is 17.0. The number of hydrogen-bond acceptors (Lipinski definition) is 3. The Kier molecular flexibility index (Phi) is 9.76. The van der Waals surface area contributed by atoms with Crippen LogP contribution < -0.4 is 0 Å². The van der Waals surface area contributed by atoms with Crippen molar-refractivity contribution in [3.63, 3.8) is 0 Å². The number of hydrogen-bond donors (Lipinski definition) is 0. The van der Waals surface area contributed by atoms with Crippen molar-refractivity contribution >= 4 is 5.97 Å². The predicted octanol–water partition coefficient (Wildman–Crippen LogP) is 6.68. The molecule has 0 heterocycles. The summed E-state index contributed by atoms with van der Waals surface area (Å²) in [6.45, 7) is 2.21. The lowest BCUT2D eigenvalue weighted by Gasteiger charge is -2.28. The lowest BCUT2D eigenvalue weighted by atomic mass is 9.84. The highest BCUT2D eigenvalue weighted by molar-refractivity contribution is 5.89. The van der Waals surface area contributed by atoms with Crippen LogP contribution in [0.15, 0.2) is 36.2 Å². The molecule has 0 unspecified atom stereocenters. The molecular weight excluding hydrogens is 353 g/mol. The second-order valence-electron chi connectivity index (χ2n) is 7.80. The number of benzene rings is 1. The molecule has 1 aromatic carbocycles. The average molecular weight is 386 g/mol. The van der Waals surface area contributed by atoms with Crippen molar-refractivity contribution < 1.29 is 13.9 Å². The first-order valence-corrected chi connectivity index (χ1v) is 10.7. The molecule has 1 aliphatic rings. The topological polar surface area (TPSA) is 50.1 Å². The van der Waals surface area contributed by atoms with E-state index in [0.29, 0.717) is 17.9 Å². The van der Waals surface area contributed by atoms with Gasteiger partial charge in [-0.1, -0.05) is 38.3 Å². The molecule has 0 amide bonds. The van der Waals surface area contributed by atoms with Crippen molar-refractivity contribution in [3.8, 4) is 6.07 Å². The fourth-order valence-electron chi connectivity index (χ4n) is 3.81. The first-order valence-electron chi connectivity index (χ1n) is 10.7. The van der Waals surface area contributed by atoms with Gasteiger partial charge in [0.05, 0.1) is 5.56 Å². The third-order valence-corrected chi connectivity index (χ3v) is 5.58.